The minimum Gasteiger partial charge on any atom is -0.379 e. The lowest BCUT2D eigenvalue weighted by Crippen LogP contribution is -2.47. The quantitative estimate of drug-likeness (QED) is 0.751. The molecule has 104 valence electrons. The molecule has 0 bridgehead atoms. The van der Waals surface area contributed by atoms with Crippen molar-refractivity contribution in [1.82, 2.24) is 10.6 Å². The van der Waals surface area contributed by atoms with Crippen LogP contribution < -0.4 is 10.6 Å². The smallest absolute Gasteiger partial charge is 0.227 e. The first-order valence-electron chi connectivity index (χ1n) is 7.23. The van der Waals surface area contributed by atoms with Gasteiger partial charge in [0.15, 0.2) is 0 Å². The van der Waals surface area contributed by atoms with E-state index in [0.717, 1.165) is 19.5 Å². The molecule has 4 nitrogen and oxygen atoms in total. The van der Waals surface area contributed by atoms with Crippen molar-refractivity contribution in [1.29, 1.82) is 0 Å². The van der Waals surface area contributed by atoms with Gasteiger partial charge in [-0.2, -0.15) is 0 Å². The van der Waals surface area contributed by atoms with E-state index in [4.69, 9.17) is 4.74 Å². The average molecular weight is 254 g/mol. The molecule has 1 aliphatic heterocycles. The van der Waals surface area contributed by atoms with E-state index in [2.05, 4.69) is 24.5 Å². The Labute approximate surface area is 110 Å². The molecule has 2 N–H and O–H groups in total. The molecule has 1 amide bonds. The third-order valence-corrected chi connectivity index (χ3v) is 4.32. The van der Waals surface area contributed by atoms with Crippen LogP contribution in [0.5, 0.6) is 0 Å². The number of hydrogen-bond donors (Lipinski definition) is 2. The van der Waals surface area contributed by atoms with Gasteiger partial charge in [-0.1, -0.05) is 20.3 Å². The molecule has 0 spiro atoms. The highest BCUT2D eigenvalue weighted by Crippen LogP contribution is 2.39. The highest BCUT2D eigenvalue weighted by atomic mass is 16.5. The molecule has 2 unspecified atom stereocenters. The monoisotopic (exact) mass is 254 g/mol. The van der Waals surface area contributed by atoms with Crippen LogP contribution in [0.3, 0.4) is 0 Å². The van der Waals surface area contributed by atoms with E-state index in [1.807, 2.05) is 0 Å². The highest BCUT2D eigenvalue weighted by Gasteiger charge is 2.36. The number of carbonyl (C=O) groups is 1. The summed E-state index contributed by atoms with van der Waals surface area (Å²) in [5, 5.41) is 6.52. The van der Waals surface area contributed by atoms with Crippen LogP contribution in [-0.4, -0.2) is 38.3 Å². The Kier molecular flexibility index (Phi) is 4.62. The third kappa shape index (κ3) is 3.23. The van der Waals surface area contributed by atoms with E-state index in [0.29, 0.717) is 18.6 Å². The molecule has 2 fully saturated rings. The van der Waals surface area contributed by atoms with Crippen LogP contribution in [-0.2, 0) is 9.53 Å². The number of amides is 1. The summed E-state index contributed by atoms with van der Waals surface area (Å²) in [4.78, 5) is 12.2. The molecular weight excluding hydrogens is 228 g/mol. The summed E-state index contributed by atoms with van der Waals surface area (Å²) in [6.45, 7) is 7.39. The van der Waals surface area contributed by atoms with Gasteiger partial charge >= 0.3 is 0 Å². The molecule has 18 heavy (non-hydrogen) atoms. The minimum atomic E-state index is -0.0137. The van der Waals surface area contributed by atoms with E-state index >= 15 is 0 Å². The van der Waals surface area contributed by atoms with Crippen molar-refractivity contribution < 1.29 is 9.53 Å². The van der Waals surface area contributed by atoms with Crippen LogP contribution in [0.25, 0.3) is 0 Å². The molecule has 2 rings (SSSR count). The predicted octanol–water partition coefficient (Wildman–Crippen LogP) is 1.31. The summed E-state index contributed by atoms with van der Waals surface area (Å²) in [6.07, 6.45) is 4.88. The van der Waals surface area contributed by atoms with Crippen LogP contribution in [0.4, 0.5) is 0 Å². The van der Waals surface area contributed by atoms with Crippen LogP contribution in [0.1, 0.15) is 39.5 Å². The van der Waals surface area contributed by atoms with Gasteiger partial charge in [0, 0.05) is 12.6 Å². The van der Waals surface area contributed by atoms with E-state index in [9.17, 15) is 4.79 Å². The van der Waals surface area contributed by atoms with Crippen molar-refractivity contribution in [3.8, 4) is 0 Å². The Morgan fingerprint density at radius 3 is 2.78 bits per heavy atom. The van der Waals surface area contributed by atoms with Crippen molar-refractivity contribution in [3.63, 3.8) is 0 Å². The van der Waals surface area contributed by atoms with Crippen LogP contribution in [0, 0.1) is 11.3 Å². The number of carbonyl (C=O) groups excluding carboxylic acids is 1. The highest BCUT2D eigenvalue weighted by molar-refractivity contribution is 5.79. The number of nitrogens with one attached hydrogen (secondary N) is 2. The fourth-order valence-electron chi connectivity index (χ4n) is 2.73. The fourth-order valence-corrected chi connectivity index (χ4v) is 2.73. The first kappa shape index (κ1) is 13.8. The maximum absolute atomic E-state index is 12.2. The zero-order valence-electron chi connectivity index (χ0n) is 11.6. The molecule has 1 heterocycles. The molecule has 0 radical (unpaired) electrons. The summed E-state index contributed by atoms with van der Waals surface area (Å²) in [7, 11) is 0. The second kappa shape index (κ2) is 6.02. The first-order chi connectivity index (χ1) is 8.64. The Morgan fingerprint density at radius 1 is 1.39 bits per heavy atom. The van der Waals surface area contributed by atoms with Crippen molar-refractivity contribution in [2.24, 2.45) is 11.3 Å². The van der Waals surface area contributed by atoms with E-state index in [-0.39, 0.29) is 17.9 Å². The molecular formula is C14H26N2O2. The number of hydrogen-bond acceptors (Lipinski definition) is 3. The topological polar surface area (TPSA) is 50.4 Å². The van der Waals surface area contributed by atoms with Crippen molar-refractivity contribution in [2.75, 3.05) is 26.3 Å². The SMILES string of the molecule is CCCNC1COCC1C(=O)NCC1(C)CCC1. The molecule has 1 saturated carbocycles. The predicted molar refractivity (Wildman–Crippen MR) is 71.4 cm³/mol. The average Bonchev–Trinajstić information content (AvgIpc) is 2.79. The van der Waals surface area contributed by atoms with Gasteiger partial charge in [-0.3, -0.25) is 4.79 Å². The fraction of sp³-hybridized carbons (Fsp3) is 0.929. The van der Waals surface area contributed by atoms with Gasteiger partial charge < -0.3 is 15.4 Å². The van der Waals surface area contributed by atoms with Gasteiger partial charge in [0.2, 0.25) is 5.91 Å². The Morgan fingerprint density at radius 2 is 2.17 bits per heavy atom. The molecule has 0 aromatic heterocycles. The van der Waals surface area contributed by atoms with Crippen molar-refractivity contribution >= 4 is 5.91 Å². The van der Waals surface area contributed by atoms with Crippen LogP contribution >= 0.6 is 0 Å². The second-order valence-electron chi connectivity index (χ2n) is 6.09. The first-order valence-corrected chi connectivity index (χ1v) is 7.23. The lowest BCUT2D eigenvalue weighted by molar-refractivity contribution is -0.126. The summed E-state index contributed by atoms with van der Waals surface area (Å²) < 4.78 is 5.44. The standard InChI is InChI=1S/C14H26N2O2/c1-3-7-15-12-9-18-8-11(12)13(17)16-10-14(2)5-4-6-14/h11-12,15H,3-10H2,1-2H3,(H,16,17). The molecule has 2 aliphatic rings. The zero-order chi connectivity index (χ0) is 13.0. The Balaban J connectivity index is 1.76. The van der Waals surface area contributed by atoms with Gasteiger partial charge in [0.25, 0.3) is 0 Å². The van der Waals surface area contributed by atoms with E-state index in [1.165, 1.54) is 19.3 Å². The Bertz CT molecular complexity index is 290. The summed E-state index contributed by atoms with van der Waals surface area (Å²) in [5.41, 5.74) is 0.349. The summed E-state index contributed by atoms with van der Waals surface area (Å²) in [5.74, 6) is 0.148. The molecule has 0 aromatic rings. The van der Waals surface area contributed by atoms with Gasteiger partial charge in [-0.25, -0.2) is 0 Å². The van der Waals surface area contributed by atoms with Crippen molar-refractivity contribution in [3.05, 3.63) is 0 Å². The van der Waals surface area contributed by atoms with E-state index < -0.39 is 0 Å². The maximum atomic E-state index is 12.2. The molecule has 4 heteroatoms. The number of rotatable bonds is 6. The largest absolute Gasteiger partial charge is 0.379 e. The normalized spacial score (nSPS) is 29.9. The maximum Gasteiger partial charge on any atom is 0.227 e. The van der Waals surface area contributed by atoms with Gasteiger partial charge in [0.1, 0.15) is 0 Å². The summed E-state index contributed by atoms with van der Waals surface area (Å²) >= 11 is 0. The zero-order valence-corrected chi connectivity index (χ0v) is 11.6. The second-order valence-corrected chi connectivity index (χ2v) is 6.09. The third-order valence-electron chi connectivity index (χ3n) is 4.32. The summed E-state index contributed by atoms with van der Waals surface area (Å²) in [6, 6.07) is 0.194. The lowest BCUT2D eigenvalue weighted by Gasteiger charge is -2.38. The lowest BCUT2D eigenvalue weighted by atomic mass is 9.70. The van der Waals surface area contributed by atoms with Gasteiger partial charge in [-0.15, -0.1) is 0 Å². The molecule has 0 aromatic carbocycles. The van der Waals surface area contributed by atoms with Gasteiger partial charge in [0.05, 0.1) is 19.1 Å². The molecule has 2 atom stereocenters. The van der Waals surface area contributed by atoms with Crippen LogP contribution in [0.15, 0.2) is 0 Å². The van der Waals surface area contributed by atoms with Gasteiger partial charge in [-0.05, 0) is 31.2 Å². The Hall–Kier alpha value is -0.610. The van der Waals surface area contributed by atoms with Crippen LogP contribution in [0.2, 0.25) is 0 Å². The molecule has 1 aliphatic carbocycles. The number of ether oxygens (including phenoxy) is 1. The van der Waals surface area contributed by atoms with Crippen molar-refractivity contribution in [2.45, 2.75) is 45.6 Å². The minimum absolute atomic E-state index is 0.0137. The molecule has 1 saturated heterocycles. The van der Waals surface area contributed by atoms with E-state index in [1.54, 1.807) is 0 Å².